The average Bonchev–Trinajstić information content (AvgIpc) is 2.96. The Morgan fingerprint density at radius 2 is 1.90 bits per heavy atom. The molecule has 0 spiro atoms. The molecule has 0 bridgehead atoms. The Morgan fingerprint density at radius 3 is 2.52 bits per heavy atom. The van der Waals surface area contributed by atoms with Crippen LogP contribution in [0.25, 0.3) is 6.08 Å². The number of hydrogen-bond donors (Lipinski definition) is 0. The van der Waals surface area contributed by atoms with E-state index in [-0.39, 0.29) is 18.0 Å². The van der Waals surface area contributed by atoms with Gasteiger partial charge in [-0.15, -0.1) is 0 Å². The molecule has 0 saturated carbocycles. The summed E-state index contributed by atoms with van der Waals surface area (Å²) in [4.78, 5) is 19.9. The lowest BCUT2D eigenvalue weighted by Gasteiger charge is -2.20. The smallest absolute Gasteiger partial charge is 0.266 e. The molecule has 164 valence electrons. The van der Waals surface area contributed by atoms with E-state index >= 15 is 0 Å². The third-order valence-electron chi connectivity index (χ3n) is 4.37. The Hall–Kier alpha value is -1.47. The first-order valence-electron chi connectivity index (χ1n) is 9.83. The molecule has 4 nitrogen and oxygen atoms in total. The normalized spacial score (nSPS) is 16.9. The standard InChI is InChI=1S/C23H23BrCl2N2O2S/c1-13(2)27-23-28(14(3)4)22(29)21(31-23)10-15-5-8-20(18(24)9-15)30-12-16-6-7-17(25)11-19(16)26/h5-11,13-14H,12H2,1-4H3/b21-10+,27-23?. The predicted molar refractivity (Wildman–Crippen MR) is 135 cm³/mol. The van der Waals surface area contributed by atoms with E-state index in [2.05, 4.69) is 20.9 Å². The maximum Gasteiger partial charge on any atom is 0.266 e. The molecule has 2 aromatic carbocycles. The second-order valence-electron chi connectivity index (χ2n) is 7.60. The van der Waals surface area contributed by atoms with E-state index in [0.717, 1.165) is 20.8 Å². The fraction of sp³-hybridized carbons (Fsp3) is 0.304. The minimum atomic E-state index is -0.0202. The zero-order valence-corrected chi connectivity index (χ0v) is 21.6. The number of hydrogen-bond acceptors (Lipinski definition) is 4. The molecule has 3 rings (SSSR count). The van der Waals surface area contributed by atoms with Crippen molar-refractivity contribution in [2.24, 2.45) is 4.99 Å². The van der Waals surface area contributed by atoms with Gasteiger partial charge in [0.15, 0.2) is 5.17 Å². The summed E-state index contributed by atoms with van der Waals surface area (Å²) in [5.41, 5.74) is 1.75. The van der Waals surface area contributed by atoms with E-state index in [0.29, 0.717) is 27.3 Å². The summed E-state index contributed by atoms with van der Waals surface area (Å²) in [6.07, 6.45) is 1.88. The largest absolute Gasteiger partial charge is 0.488 e. The topological polar surface area (TPSA) is 41.9 Å². The second kappa shape index (κ2) is 10.4. The number of benzene rings is 2. The minimum absolute atomic E-state index is 0.0202. The summed E-state index contributed by atoms with van der Waals surface area (Å²) in [6, 6.07) is 11.2. The van der Waals surface area contributed by atoms with Gasteiger partial charge in [-0.2, -0.15) is 0 Å². The van der Waals surface area contributed by atoms with Crippen molar-refractivity contribution in [2.45, 2.75) is 46.4 Å². The highest BCUT2D eigenvalue weighted by atomic mass is 79.9. The van der Waals surface area contributed by atoms with Crippen LogP contribution < -0.4 is 4.74 Å². The summed E-state index contributed by atoms with van der Waals surface area (Å²) < 4.78 is 6.70. The van der Waals surface area contributed by atoms with Gasteiger partial charge in [0.1, 0.15) is 12.4 Å². The van der Waals surface area contributed by atoms with E-state index in [1.807, 2.05) is 58.0 Å². The lowest BCUT2D eigenvalue weighted by molar-refractivity contribution is -0.123. The van der Waals surface area contributed by atoms with E-state index in [9.17, 15) is 4.79 Å². The van der Waals surface area contributed by atoms with Crippen LogP contribution in [0.3, 0.4) is 0 Å². The van der Waals surface area contributed by atoms with Crippen molar-refractivity contribution in [3.8, 4) is 5.75 Å². The molecule has 0 aliphatic carbocycles. The van der Waals surface area contributed by atoms with Gasteiger partial charge in [0.2, 0.25) is 0 Å². The molecular formula is C23H23BrCl2N2O2S. The molecule has 31 heavy (non-hydrogen) atoms. The third-order valence-corrected chi connectivity index (χ3v) is 6.58. The van der Waals surface area contributed by atoms with Crippen molar-refractivity contribution in [1.29, 1.82) is 0 Å². The van der Waals surface area contributed by atoms with Crippen molar-refractivity contribution in [1.82, 2.24) is 4.90 Å². The highest BCUT2D eigenvalue weighted by Crippen LogP contribution is 2.35. The Labute approximate surface area is 205 Å². The van der Waals surface area contributed by atoms with Crippen LogP contribution in [0.1, 0.15) is 38.8 Å². The van der Waals surface area contributed by atoms with Gasteiger partial charge >= 0.3 is 0 Å². The second-order valence-corrected chi connectivity index (χ2v) is 10.3. The van der Waals surface area contributed by atoms with Crippen LogP contribution in [0.2, 0.25) is 10.0 Å². The van der Waals surface area contributed by atoms with Crippen molar-refractivity contribution in [3.05, 3.63) is 66.9 Å². The van der Waals surface area contributed by atoms with Crippen LogP contribution in [-0.4, -0.2) is 28.1 Å². The van der Waals surface area contributed by atoms with Crippen molar-refractivity contribution in [2.75, 3.05) is 0 Å². The number of rotatable bonds is 6. The monoisotopic (exact) mass is 540 g/mol. The van der Waals surface area contributed by atoms with E-state index in [1.165, 1.54) is 11.8 Å². The van der Waals surface area contributed by atoms with Crippen molar-refractivity contribution in [3.63, 3.8) is 0 Å². The molecule has 2 aromatic rings. The molecular weight excluding hydrogens is 519 g/mol. The molecule has 1 amide bonds. The zero-order valence-electron chi connectivity index (χ0n) is 17.7. The molecule has 1 saturated heterocycles. The SMILES string of the molecule is CC(C)N=C1S/C(=C/c2ccc(OCc3ccc(Cl)cc3Cl)c(Br)c2)C(=O)N1C(C)C. The molecule has 0 radical (unpaired) electrons. The molecule has 0 atom stereocenters. The number of thioether (sulfide) groups is 1. The van der Waals surface area contributed by atoms with Crippen LogP contribution in [0.15, 0.2) is 50.8 Å². The van der Waals surface area contributed by atoms with E-state index in [1.54, 1.807) is 17.0 Å². The average molecular weight is 542 g/mol. The van der Waals surface area contributed by atoms with Gasteiger partial charge in [0.05, 0.1) is 9.38 Å². The molecule has 0 aromatic heterocycles. The highest BCUT2D eigenvalue weighted by Gasteiger charge is 2.35. The fourth-order valence-electron chi connectivity index (χ4n) is 2.92. The minimum Gasteiger partial charge on any atom is -0.488 e. The Kier molecular flexibility index (Phi) is 8.14. The van der Waals surface area contributed by atoms with Crippen LogP contribution in [0.4, 0.5) is 0 Å². The van der Waals surface area contributed by atoms with Crippen LogP contribution in [0.5, 0.6) is 5.75 Å². The quantitative estimate of drug-likeness (QED) is 0.357. The first-order valence-corrected chi connectivity index (χ1v) is 12.2. The highest BCUT2D eigenvalue weighted by molar-refractivity contribution is 9.10. The van der Waals surface area contributed by atoms with E-state index in [4.69, 9.17) is 27.9 Å². The summed E-state index contributed by atoms with van der Waals surface area (Å²) in [5, 5.41) is 1.90. The Balaban J connectivity index is 1.78. The van der Waals surface area contributed by atoms with Gasteiger partial charge in [-0.05, 0) is 91.3 Å². The molecule has 1 heterocycles. The number of amides is 1. The number of halogens is 3. The number of amidine groups is 1. The summed E-state index contributed by atoms with van der Waals surface area (Å²) in [7, 11) is 0. The van der Waals surface area contributed by atoms with Gasteiger partial charge in [-0.25, -0.2) is 0 Å². The Morgan fingerprint density at radius 1 is 1.16 bits per heavy atom. The molecule has 1 aliphatic rings. The molecule has 0 unspecified atom stereocenters. The summed E-state index contributed by atoms with van der Waals surface area (Å²) in [5.74, 6) is 0.665. The number of carbonyl (C=O) groups is 1. The van der Waals surface area contributed by atoms with Gasteiger partial charge in [-0.1, -0.05) is 35.3 Å². The number of aliphatic imine (C=N–C) groups is 1. The summed E-state index contributed by atoms with van der Waals surface area (Å²) >= 11 is 17.1. The fourth-order valence-corrected chi connectivity index (χ4v) is 5.13. The molecule has 1 aliphatic heterocycles. The van der Waals surface area contributed by atoms with Crippen LogP contribution in [-0.2, 0) is 11.4 Å². The molecule has 0 N–H and O–H groups in total. The Bertz CT molecular complexity index is 1050. The lowest BCUT2D eigenvalue weighted by Crippen LogP contribution is -2.35. The van der Waals surface area contributed by atoms with Gasteiger partial charge in [-0.3, -0.25) is 14.7 Å². The van der Waals surface area contributed by atoms with Gasteiger partial charge in [0, 0.05) is 27.7 Å². The first-order chi connectivity index (χ1) is 14.7. The predicted octanol–water partition coefficient (Wildman–Crippen LogP) is 7.42. The maximum absolute atomic E-state index is 12.9. The van der Waals surface area contributed by atoms with E-state index < -0.39 is 0 Å². The van der Waals surface area contributed by atoms with Crippen LogP contribution >= 0.6 is 50.9 Å². The zero-order chi connectivity index (χ0) is 22.7. The lowest BCUT2D eigenvalue weighted by atomic mass is 10.2. The number of nitrogens with zero attached hydrogens (tertiary/aromatic N) is 2. The summed E-state index contributed by atoms with van der Waals surface area (Å²) in [6.45, 7) is 8.32. The van der Waals surface area contributed by atoms with Gasteiger partial charge < -0.3 is 4.74 Å². The van der Waals surface area contributed by atoms with Crippen LogP contribution in [0, 0.1) is 0 Å². The van der Waals surface area contributed by atoms with Gasteiger partial charge in [0.25, 0.3) is 5.91 Å². The maximum atomic E-state index is 12.9. The first kappa shape index (κ1) is 24.2. The molecule has 8 heteroatoms. The van der Waals surface area contributed by atoms with Crippen molar-refractivity contribution < 1.29 is 9.53 Å². The van der Waals surface area contributed by atoms with Crippen molar-refractivity contribution >= 4 is 68.0 Å². The third kappa shape index (κ3) is 6.07. The molecule has 1 fully saturated rings. The number of ether oxygens (including phenoxy) is 1. The number of carbonyl (C=O) groups excluding carboxylic acids is 1.